The Balaban J connectivity index is 1.29. The van der Waals surface area contributed by atoms with E-state index in [1.165, 1.54) is 38.2 Å². The predicted molar refractivity (Wildman–Crippen MR) is 113 cm³/mol. The number of piperazine rings is 1. The van der Waals surface area contributed by atoms with E-state index in [4.69, 9.17) is 4.98 Å². The summed E-state index contributed by atoms with van der Waals surface area (Å²) in [7, 11) is 0. The molecule has 134 valence electrons. The van der Waals surface area contributed by atoms with E-state index in [2.05, 4.69) is 66.6 Å². The van der Waals surface area contributed by atoms with E-state index in [1.54, 1.807) is 0 Å². The third-order valence-electron chi connectivity index (χ3n) is 5.45. The second kappa shape index (κ2) is 6.81. The van der Waals surface area contributed by atoms with Crippen LogP contribution in [0.5, 0.6) is 0 Å². The van der Waals surface area contributed by atoms with Gasteiger partial charge in [0.15, 0.2) is 5.65 Å². The van der Waals surface area contributed by atoms with E-state index in [0.717, 1.165) is 45.0 Å². The Bertz CT molecular complexity index is 908. The molecule has 1 aromatic carbocycles. The Hall–Kier alpha value is -1.67. The predicted octanol–water partition coefficient (Wildman–Crippen LogP) is 3.76. The third kappa shape index (κ3) is 3.32. The fourth-order valence-electron chi connectivity index (χ4n) is 3.70. The number of H-pyrrole nitrogens is 1. The maximum Gasteiger partial charge on any atom is 0.157 e. The molecule has 0 amide bonds. The van der Waals surface area contributed by atoms with Gasteiger partial charge in [-0.1, -0.05) is 12.1 Å². The molecule has 26 heavy (non-hydrogen) atoms. The summed E-state index contributed by atoms with van der Waals surface area (Å²) in [5, 5.41) is 0. The normalized spacial score (nSPS) is 18.6. The van der Waals surface area contributed by atoms with Gasteiger partial charge in [-0.25, -0.2) is 9.97 Å². The second-order valence-corrected chi connectivity index (χ2v) is 8.53. The zero-order valence-corrected chi connectivity index (χ0v) is 16.8. The van der Waals surface area contributed by atoms with Gasteiger partial charge in [-0.05, 0) is 53.5 Å². The van der Waals surface area contributed by atoms with Crippen molar-refractivity contribution in [1.29, 1.82) is 0 Å². The molecule has 1 saturated heterocycles. The highest BCUT2D eigenvalue weighted by Crippen LogP contribution is 2.30. The van der Waals surface area contributed by atoms with Crippen molar-refractivity contribution < 1.29 is 0 Å². The molecule has 0 bridgehead atoms. The van der Waals surface area contributed by atoms with E-state index < -0.39 is 0 Å². The Morgan fingerprint density at radius 3 is 2.58 bits per heavy atom. The van der Waals surface area contributed by atoms with Gasteiger partial charge in [0.1, 0.15) is 5.52 Å². The second-order valence-electron chi connectivity index (χ2n) is 7.37. The molecule has 1 aliphatic carbocycles. The van der Waals surface area contributed by atoms with Crippen LogP contribution in [0.25, 0.3) is 22.4 Å². The Morgan fingerprint density at radius 2 is 1.85 bits per heavy atom. The number of anilines is 1. The number of aromatic amines is 1. The van der Waals surface area contributed by atoms with Crippen LogP contribution in [0.1, 0.15) is 12.8 Å². The number of aromatic nitrogens is 3. The number of fused-ring (bicyclic) bond motifs is 1. The quantitative estimate of drug-likeness (QED) is 0.604. The Morgan fingerprint density at radius 1 is 1.08 bits per heavy atom. The minimum atomic E-state index is 0.846. The summed E-state index contributed by atoms with van der Waals surface area (Å²) in [6.45, 7) is 5.93. The monoisotopic (exact) mass is 459 g/mol. The number of hydrogen-bond donors (Lipinski definition) is 1. The lowest BCUT2D eigenvalue weighted by atomic mass is 10.1. The average Bonchev–Trinajstić information content (AvgIpc) is 3.43. The zero-order valence-electron chi connectivity index (χ0n) is 14.7. The molecule has 1 aliphatic heterocycles. The van der Waals surface area contributed by atoms with Crippen LogP contribution in [0.2, 0.25) is 0 Å². The molecule has 0 unspecified atom stereocenters. The summed E-state index contributed by atoms with van der Waals surface area (Å²) in [5.74, 6) is 0.988. The van der Waals surface area contributed by atoms with Crippen molar-refractivity contribution in [3.8, 4) is 11.3 Å². The van der Waals surface area contributed by atoms with Crippen LogP contribution in [0, 0.1) is 9.49 Å². The van der Waals surface area contributed by atoms with Gasteiger partial charge in [-0.3, -0.25) is 4.90 Å². The molecular formula is C20H22IN5. The molecular weight excluding hydrogens is 437 g/mol. The van der Waals surface area contributed by atoms with Crippen LogP contribution in [0.4, 0.5) is 5.69 Å². The number of nitrogens with one attached hydrogen (secondary N) is 1. The van der Waals surface area contributed by atoms with E-state index in [9.17, 15) is 0 Å². The summed E-state index contributed by atoms with van der Waals surface area (Å²) in [4.78, 5) is 17.5. The van der Waals surface area contributed by atoms with Crippen LogP contribution in [0.3, 0.4) is 0 Å². The first-order chi connectivity index (χ1) is 12.8. The van der Waals surface area contributed by atoms with Gasteiger partial charge in [-0.2, -0.15) is 0 Å². The molecule has 3 heterocycles. The maximum atomic E-state index is 4.77. The van der Waals surface area contributed by atoms with Gasteiger partial charge in [-0.15, -0.1) is 0 Å². The van der Waals surface area contributed by atoms with Crippen LogP contribution in [-0.4, -0.2) is 52.6 Å². The van der Waals surface area contributed by atoms with Crippen molar-refractivity contribution >= 4 is 39.4 Å². The summed E-state index contributed by atoms with van der Waals surface area (Å²) in [6, 6.07) is 8.78. The number of hydrogen-bond acceptors (Lipinski definition) is 4. The third-order valence-corrected chi connectivity index (χ3v) is 6.27. The summed E-state index contributed by atoms with van der Waals surface area (Å²) in [5.41, 5.74) is 5.14. The van der Waals surface area contributed by atoms with Crippen molar-refractivity contribution in [3.63, 3.8) is 0 Å². The van der Waals surface area contributed by atoms with Crippen LogP contribution in [-0.2, 0) is 0 Å². The highest BCUT2D eigenvalue weighted by Gasteiger charge is 2.26. The number of halogens is 1. The standard InChI is InChI=1S/C20H22IN5/c21-17-11-22-20-19(17)24-18(12-23-20)15-3-5-16(6-4-15)26-9-7-25(8-10-26)13-14-1-2-14/h3-6,11-12,14H,1-2,7-10,13H2,(H,22,23). The molecule has 6 heteroatoms. The lowest BCUT2D eigenvalue weighted by molar-refractivity contribution is 0.248. The van der Waals surface area contributed by atoms with E-state index in [-0.39, 0.29) is 0 Å². The van der Waals surface area contributed by atoms with Crippen molar-refractivity contribution in [3.05, 3.63) is 40.2 Å². The summed E-state index contributed by atoms with van der Waals surface area (Å²) in [6.07, 6.45) is 6.68. The van der Waals surface area contributed by atoms with Gasteiger partial charge >= 0.3 is 0 Å². The molecule has 2 aliphatic rings. The Kier molecular flexibility index (Phi) is 4.32. The number of rotatable bonds is 4. The molecule has 0 radical (unpaired) electrons. The number of benzene rings is 1. The minimum Gasteiger partial charge on any atom is -0.369 e. The molecule has 2 fully saturated rings. The number of nitrogens with zero attached hydrogens (tertiary/aromatic N) is 4. The molecule has 2 aromatic heterocycles. The van der Waals surface area contributed by atoms with Crippen molar-refractivity contribution in [2.24, 2.45) is 5.92 Å². The molecule has 0 atom stereocenters. The largest absolute Gasteiger partial charge is 0.369 e. The van der Waals surface area contributed by atoms with E-state index >= 15 is 0 Å². The highest BCUT2D eigenvalue weighted by molar-refractivity contribution is 14.1. The SMILES string of the molecule is Ic1c[nH]c2ncc(-c3ccc(N4CCN(CC5CC5)CC4)cc3)nc12. The Labute approximate surface area is 167 Å². The average molecular weight is 459 g/mol. The van der Waals surface area contributed by atoms with Crippen LogP contribution in [0.15, 0.2) is 36.7 Å². The van der Waals surface area contributed by atoms with Gasteiger partial charge in [0.05, 0.1) is 15.5 Å². The molecule has 0 spiro atoms. The molecule has 1 saturated carbocycles. The topological polar surface area (TPSA) is 48.1 Å². The fourth-order valence-corrected chi connectivity index (χ4v) is 4.23. The molecule has 3 aromatic rings. The lowest BCUT2D eigenvalue weighted by Gasteiger charge is -2.36. The van der Waals surface area contributed by atoms with Crippen molar-refractivity contribution in [2.75, 3.05) is 37.6 Å². The summed E-state index contributed by atoms with van der Waals surface area (Å²) >= 11 is 2.29. The van der Waals surface area contributed by atoms with Gasteiger partial charge in [0.25, 0.3) is 0 Å². The van der Waals surface area contributed by atoms with Gasteiger partial charge in [0, 0.05) is 50.2 Å². The lowest BCUT2D eigenvalue weighted by Crippen LogP contribution is -2.47. The fraction of sp³-hybridized carbons (Fsp3) is 0.400. The van der Waals surface area contributed by atoms with Crippen molar-refractivity contribution in [2.45, 2.75) is 12.8 Å². The zero-order chi connectivity index (χ0) is 17.5. The van der Waals surface area contributed by atoms with E-state index in [1.807, 2.05) is 12.4 Å². The maximum absolute atomic E-state index is 4.77. The van der Waals surface area contributed by atoms with Crippen LogP contribution < -0.4 is 4.90 Å². The minimum absolute atomic E-state index is 0.846. The first-order valence-corrected chi connectivity index (χ1v) is 10.4. The van der Waals surface area contributed by atoms with E-state index in [0.29, 0.717) is 0 Å². The highest BCUT2D eigenvalue weighted by atomic mass is 127. The molecule has 5 nitrogen and oxygen atoms in total. The molecule has 1 N–H and O–H groups in total. The van der Waals surface area contributed by atoms with Crippen molar-refractivity contribution in [1.82, 2.24) is 19.9 Å². The first kappa shape index (κ1) is 16.5. The van der Waals surface area contributed by atoms with Crippen LogP contribution >= 0.6 is 22.6 Å². The van der Waals surface area contributed by atoms with Gasteiger partial charge in [0.2, 0.25) is 0 Å². The van der Waals surface area contributed by atoms with Gasteiger partial charge < -0.3 is 9.88 Å². The smallest absolute Gasteiger partial charge is 0.157 e. The summed E-state index contributed by atoms with van der Waals surface area (Å²) < 4.78 is 1.10. The first-order valence-electron chi connectivity index (χ1n) is 9.33. The molecule has 5 rings (SSSR count).